The minimum absolute atomic E-state index is 0.0400. The van der Waals surface area contributed by atoms with Crippen molar-refractivity contribution in [3.63, 3.8) is 0 Å². The lowest BCUT2D eigenvalue weighted by Crippen LogP contribution is -2.30. The van der Waals surface area contributed by atoms with Gasteiger partial charge in [-0.25, -0.2) is 4.39 Å². The van der Waals surface area contributed by atoms with Gasteiger partial charge in [0.15, 0.2) is 11.2 Å². The van der Waals surface area contributed by atoms with E-state index in [1.54, 1.807) is 24.0 Å². The van der Waals surface area contributed by atoms with Crippen LogP contribution in [0.15, 0.2) is 24.3 Å². The maximum absolute atomic E-state index is 13.0. The van der Waals surface area contributed by atoms with E-state index in [0.717, 1.165) is 0 Å². The molecule has 1 heterocycles. The number of thiocarbonyl (C=S) groups is 1. The molecule has 0 radical (unpaired) electrons. The molecular formula is C10H9FN2OS. The number of anilines is 1. The molecule has 5 heteroatoms. The normalized spacial score (nSPS) is 20.7. The zero-order valence-electron chi connectivity index (χ0n) is 8.03. The highest BCUT2D eigenvalue weighted by atomic mass is 32.1. The van der Waals surface area contributed by atoms with Gasteiger partial charge in [0, 0.05) is 5.69 Å². The third-order valence-electron chi connectivity index (χ3n) is 2.15. The summed E-state index contributed by atoms with van der Waals surface area (Å²) < 4.78 is 18.1. The summed E-state index contributed by atoms with van der Waals surface area (Å²) in [6, 6.07) is 6.06. The first-order chi connectivity index (χ1) is 7.09. The van der Waals surface area contributed by atoms with Crippen LogP contribution in [0, 0.1) is 11.2 Å². The predicted octanol–water partition coefficient (Wildman–Crippen LogP) is 2.31. The fourth-order valence-corrected chi connectivity index (χ4v) is 1.80. The highest BCUT2D eigenvalue weighted by Gasteiger charge is 2.32. The Labute approximate surface area is 92.0 Å². The van der Waals surface area contributed by atoms with Crippen LogP contribution in [-0.4, -0.2) is 17.1 Å². The van der Waals surface area contributed by atoms with E-state index in [2.05, 4.69) is 0 Å². The molecule has 0 aliphatic carbocycles. The SMILES string of the molecule is CC1OC(=N)C(=S)N1c1cccc(F)c1. The Hall–Kier alpha value is -1.49. The van der Waals surface area contributed by atoms with Gasteiger partial charge in [0.05, 0.1) is 0 Å². The van der Waals surface area contributed by atoms with Crippen molar-refractivity contribution in [1.29, 1.82) is 5.41 Å². The molecule has 1 aliphatic heterocycles. The maximum atomic E-state index is 13.0. The van der Waals surface area contributed by atoms with E-state index >= 15 is 0 Å². The molecule has 1 unspecified atom stereocenters. The molecule has 0 amide bonds. The molecule has 78 valence electrons. The van der Waals surface area contributed by atoms with Crippen LogP contribution in [0.2, 0.25) is 0 Å². The van der Waals surface area contributed by atoms with E-state index in [-0.39, 0.29) is 22.9 Å². The molecular weight excluding hydrogens is 215 g/mol. The number of benzene rings is 1. The third kappa shape index (κ3) is 1.70. The number of hydrogen-bond donors (Lipinski definition) is 1. The Morgan fingerprint density at radius 3 is 2.80 bits per heavy atom. The van der Waals surface area contributed by atoms with E-state index in [0.29, 0.717) is 5.69 Å². The second-order valence-electron chi connectivity index (χ2n) is 3.20. The maximum Gasteiger partial charge on any atom is 0.244 e. The van der Waals surface area contributed by atoms with Gasteiger partial charge in [-0.2, -0.15) is 0 Å². The van der Waals surface area contributed by atoms with Crippen LogP contribution in [0.4, 0.5) is 10.1 Å². The molecule has 3 nitrogen and oxygen atoms in total. The van der Waals surface area contributed by atoms with E-state index in [4.69, 9.17) is 22.4 Å². The average Bonchev–Trinajstić information content (AvgIpc) is 2.41. The number of nitrogens with zero attached hydrogens (tertiary/aromatic N) is 1. The minimum Gasteiger partial charge on any atom is -0.452 e. The molecule has 2 rings (SSSR count). The van der Waals surface area contributed by atoms with Gasteiger partial charge in [0.1, 0.15) is 5.82 Å². The summed E-state index contributed by atoms with van der Waals surface area (Å²) in [5, 5.41) is 7.42. The first kappa shape index (κ1) is 10.0. The zero-order chi connectivity index (χ0) is 11.0. The van der Waals surface area contributed by atoms with Crippen LogP contribution in [0.1, 0.15) is 6.92 Å². The van der Waals surface area contributed by atoms with Crippen molar-refractivity contribution in [3.8, 4) is 0 Å². The molecule has 0 saturated carbocycles. The molecule has 1 aromatic rings. The van der Waals surface area contributed by atoms with Crippen molar-refractivity contribution in [2.45, 2.75) is 13.2 Å². The monoisotopic (exact) mass is 224 g/mol. The molecule has 0 spiro atoms. The molecule has 1 saturated heterocycles. The Bertz CT molecular complexity index is 435. The lowest BCUT2D eigenvalue weighted by molar-refractivity contribution is 0.240. The molecule has 0 aromatic heterocycles. The van der Waals surface area contributed by atoms with Crippen molar-refractivity contribution in [3.05, 3.63) is 30.1 Å². The van der Waals surface area contributed by atoms with Crippen molar-refractivity contribution in [1.82, 2.24) is 0 Å². The topological polar surface area (TPSA) is 36.3 Å². The predicted molar refractivity (Wildman–Crippen MR) is 59.8 cm³/mol. The van der Waals surface area contributed by atoms with Crippen LogP contribution in [0.3, 0.4) is 0 Å². The lowest BCUT2D eigenvalue weighted by atomic mass is 10.3. The fraction of sp³-hybridized carbons (Fsp3) is 0.200. The average molecular weight is 224 g/mol. The first-order valence-corrected chi connectivity index (χ1v) is 4.85. The summed E-state index contributed by atoms with van der Waals surface area (Å²) >= 11 is 5.02. The summed E-state index contributed by atoms with van der Waals surface area (Å²) in [6.45, 7) is 1.76. The van der Waals surface area contributed by atoms with Crippen LogP contribution < -0.4 is 4.90 Å². The lowest BCUT2D eigenvalue weighted by Gasteiger charge is -2.19. The number of hydrogen-bond acceptors (Lipinski definition) is 3. The molecule has 1 fully saturated rings. The van der Waals surface area contributed by atoms with E-state index < -0.39 is 0 Å². The quantitative estimate of drug-likeness (QED) is 0.744. The van der Waals surface area contributed by atoms with Gasteiger partial charge < -0.3 is 4.74 Å². The van der Waals surface area contributed by atoms with Gasteiger partial charge in [-0.1, -0.05) is 18.3 Å². The molecule has 15 heavy (non-hydrogen) atoms. The van der Waals surface area contributed by atoms with Crippen molar-refractivity contribution in [2.24, 2.45) is 0 Å². The van der Waals surface area contributed by atoms with Crippen LogP contribution in [-0.2, 0) is 4.74 Å². The highest BCUT2D eigenvalue weighted by Crippen LogP contribution is 2.24. The first-order valence-electron chi connectivity index (χ1n) is 4.44. The van der Waals surface area contributed by atoms with Gasteiger partial charge in [-0.15, -0.1) is 0 Å². The summed E-state index contributed by atoms with van der Waals surface area (Å²) in [5.41, 5.74) is 0.606. The van der Waals surface area contributed by atoms with E-state index in [9.17, 15) is 4.39 Å². The summed E-state index contributed by atoms with van der Waals surface area (Å²) in [4.78, 5) is 1.90. The number of ether oxygens (including phenoxy) is 1. The molecule has 1 atom stereocenters. The molecule has 1 N–H and O–H groups in total. The van der Waals surface area contributed by atoms with Crippen LogP contribution in [0.25, 0.3) is 0 Å². The Morgan fingerprint density at radius 2 is 2.27 bits per heavy atom. The standard InChI is InChI=1S/C10H9FN2OS/c1-6-13(10(15)9(12)14-6)8-4-2-3-7(11)5-8/h2-6,12H,1H3. The smallest absolute Gasteiger partial charge is 0.244 e. The van der Waals surface area contributed by atoms with Gasteiger partial charge >= 0.3 is 0 Å². The van der Waals surface area contributed by atoms with Gasteiger partial charge in [0.2, 0.25) is 5.90 Å². The summed E-state index contributed by atoms with van der Waals surface area (Å²) in [5.74, 6) is -0.373. The second kappa shape index (κ2) is 3.58. The fourth-order valence-electron chi connectivity index (χ4n) is 1.50. The largest absolute Gasteiger partial charge is 0.452 e. The van der Waals surface area contributed by atoms with Gasteiger partial charge in [0.25, 0.3) is 0 Å². The van der Waals surface area contributed by atoms with Crippen LogP contribution >= 0.6 is 12.2 Å². The third-order valence-corrected chi connectivity index (χ3v) is 2.53. The molecule has 1 aliphatic rings. The molecule has 1 aromatic carbocycles. The van der Waals surface area contributed by atoms with Gasteiger partial charge in [-0.3, -0.25) is 10.3 Å². The number of halogens is 1. The number of nitrogens with one attached hydrogen (secondary N) is 1. The highest BCUT2D eigenvalue weighted by molar-refractivity contribution is 7.82. The Kier molecular flexibility index (Phi) is 2.40. The van der Waals surface area contributed by atoms with Crippen molar-refractivity contribution >= 4 is 28.8 Å². The Balaban J connectivity index is 2.39. The minimum atomic E-state index is -0.355. The second-order valence-corrected chi connectivity index (χ2v) is 3.59. The van der Waals surface area contributed by atoms with Gasteiger partial charge in [-0.05, 0) is 25.1 Å². The van der Waals surface area contributed by atoms with E-state index in [1.807, 2.05) is 0 Å². The molecule has 0 bridgehead atoms. The zero-order valence-corrected chi connectivity index (χ0v) is 8.84. The van der Waals surface area contributed by atoms with E-state index in [1.165, 1.54) is 12.1 Å². The van der Waals surface area contributed by atoms with Crippen molar-refractivity contribution in [2.75, 3.05) is 4.90 Å². The van der Waals surface area contributed by atoms with Crippen LogP contribution in [0.5, 0.6) is 0 Å². The number of rotatable bonds is 1. The van der Waals surface area contributed by atoms with Crippen molar-refractivity contribution < 1.29 is 9.13 Å². The summed E-state index contributed by atoms with van der Waals surface area (Å²) in [7, 11) is 0. The Morgan fingerprint density at radius 1 is 1.53 bits per heavy atom. The summed E-state index contributed by atoms with van der Waals surface area (Å²) in [6.07, 6.45) is -0.355.